The first-order valence-electron chi connectivity index (χ1n) is 4.70. The van der Waals surface area contributed by atoms with Crippen LogP contribution in [0.3, 0.4) is 0 Å². The van der Waals surface area contributed by atoms with Crippen LogP contribution in [0.4, 0.5) is 0 Å². The van der Waals surface area contributed by atoms with Crippen molar-refractivity contribution >= 4 is 23.1 Å². The predicted molar refractivity (Wildman–Crippen MR) is 61.3 cm³/mol. The van der Waals surface area contributed by atoms with E-state index in [4.69, 9.17) is 18.0 Å². The summed E-state index contributed by atoms with van der Waals surface area (Å²) in [5, 5.41) is 16.0. The van der Waals surface area contributed by atoms with Crippen LogP contribution < -0.4 is 11.1 Å². The zero-order valence-corrected chi connectivity index (χ0v) is 10.1. The highest BCUT2D eigenvalue weighted by molar-refractivity contribution is 7.80. The van der Waals surface area contributed by atoms with Crippen LogP contribution in [0, 0.1) is 5.41 Å². The van der Waals surface area contributed by atoms with Crippen molar-refractivity contribution in [2.45, 2.75) is 26.8 Å². The van der Waals surface area contributed by atoms with Crippen LogP contribution in [0.2, 0.25) is 0 Å². The van der Waals surface area contributed by atoms with Gasteiger partial charge in [-0.25, -0.2) is 0 Å². The van der Waals surface area contributed by atoms with E-state index in [9.17, 15) is 4.79 Å². The van der Waals surface area contributed by atoms with E-state index in [1.807, 2.05) is 0 Å². The molecule has 0 aliphatic carbocycles. The third-order valence-electron chi connectivity index (χ3n) is 2.28. The van der Waals surface area contributed by atoms with Gasteiger partial charge in [-0.2, -0.15) is 5.21 Å². The lowest BCUT2D eigenvalue weighted by molar-refractivity contribution is -0.126. The van der Waals surface area contributed by atoms with Gasteiger partial charge in [0.05, 0.1) is 16.4 Å². The van der Waals surface area contributed by atoms with Crippen molar-refractivity contribution in [1.82, 2.24) is 25.9 Å². The van der Waals surface area contributed by atoms with Crippen molar-refractivity contribution in [2.24, 2.45) is 11.1 Å². The van der Waals surface area contributed by atoms with Crippen LogP contribution in [-0.4, -0.2) is 31.5 Å². The molecule has 0 fully saturated rings. The van der Waals surface area contributed by atoms with Crippen LogP contribution in [0.5, 0.6) is 0 Å². The number of amides is 1. The maximum absolute atomic E-state index is 11.8. The SMILES string of the molecule is CC(NC(=O)C(C)(C)C(N)=S)c1nn[nH]n1. The molecule has 1 aromatic rings. The smallest absolute Gasteiger partial charge is 0.233 e. The fourth-order valence-corrected chi connectivity index (χ4v) is 0.999. The van der Waals surface area contributed by atoms with Crippen LogP contribution >= 0.6 is 12.2 Å². The first-order chi connectivity index (χ1) is 7.35. The van der Waals surface area contributed by atoms with Gasteiger partial charge in [-0.1, -0.05) is 17.4 Å². The quantitative estimate of drug-likeness (QED) is 0.625. The van der Waals surface area contributed by atoms with Crippen LogP contribution in [-0.2, 0) is 4.79 Å². The molecule has 0 radical (unpaired) electrons. The summed E-state index contributed by atoms with van der Waals surface area (Å²) in [7, 11) is 0. The molecule has 88 valence electrons. The minimum atomic E-state index is -0.896. The molecule has 1 amide bonds. The summed E-state index contributed by atoms with van der Waals surface area (Å²) in [6.45, 7) is 5.07. The highest BCUT2D eigenvalue weighted by atomic mass is 32.1. The van der Waals surface area contributed by atoms with Crippen molar-refractivity contribution in [3.8, 4) is 0 Å². The number of hydrogen-bond acceptors (Lipinski definition) is 5. The molecule has 0 saturated carbocycles. The Bertz CT molecular complexity index is 387. The Balaban J connectivity index is 2.69. The van der Waals surface area contributed by atoms with E-state index in [2.05, 4.69) is 25.9 Å². The number of carbonyl (C=O) groups excluding carboxylic acids is 1. The Morgan fingerprint density at radius 1 is 1.62 bits per heavy atom. The molecule has 0 saturated heterocycles. The second kappa shape index (κ2) is 4.52. The standard InChI is InChI=1S/C8H14N6OS/c1-4(5-11-13-14-12-5)10-7(15)8(2,3)6(9)16/h4H,1-3H3,(H2,9,16)(H,10,15)(H,11,12,13,14). The van der Waals surface area contributed by atoms with Crippen molar-refractivity contribution in [3.63, 3.8) is 0 Å². The van der Waals surface area contributed by atoms with Gasteiger partial charge < -0.3 is 11.1 Å². The Labute approximate surface area is 98.2 Å². The zero-order chi connectivity index (χ0) is 12.3. The Morgan fingerprint density at radius 2 is 2.25 bits per heavy atom. The van der Waals surface area contributed by atoms with Crippen molar-refractivity contribution < 1.29 is 4.79 Å². The average Bonchev–Trinajstić information content (AvgIpc) is 2.69. The number of rotatable bonds is 4. The molecule has 16 heavy (non-hydrogen) atoms. The molecule has 1 unspecified atom stereocenters. The summed E-state index contributed by atoms with van der Waals surface area (Å²) in [5.41, 5.74) is 4.59. The molecule has 1 rings (SSSR count). The normalized spacial score (nSPS) is 13.2. The van der Waals surface area contributed by atoms with E-state index in [1.54, 1.807) is 20.8 Å². The van der Waals surface area contributed by atoms with E-state index in [1.165, 1.54) is 0 Å². The lowest BCUT2D eigenvalue weighted by Crippen LogP contribution is -2.45. The molecule has 7 nitrogen and oxygen atoms in total. The first-order valence-corrected chi connectivity index (χ1v) is 5.10. The summed E-state index contributed by atoms with van der Waals surface area (Å²) in [5.74, 6) is 0.143. The van der Waals surface area contributed by atoms with Crippen LogP contribution in [0.25, 0.3) is 0 Å². The highest BCUT2D eigenvalue weighted by Gasteiger charge is 2.32. The minimum Gasteiger partial charge on any atom is -0.392 e. The van der Waals surface area contributed by atoms with E-state index in [-0.39, 0.29) is 16.9 Å². The van der Waals surface area contributed by atoms with Gasteiger partial charge in [0.25, 0.3) is 0 Å². The molecule has 0 spiro atoms. The average molecular weight is 242 g/mol. The molecule has 0 aliphatic rings. The number of hydrogen-bond donors (Lipinski definition) is 3. The lowest BCUT2D eigenvalue weighted by atomic mass is 9.92. The Morgan fingerprint density at radius 3 is 2.69 bits per heavy atom. The lowest BCUT2D eigenvalue weighted by Gasteiger charge is -2.23. The van der Waals surface area contributed by atoms with E-state index in [0.717, 1.165) is 0 Å². The topological polar surface area (TPSA) is 110 Å². The number of nitrogens with two attached hydrogens (primary N) is 1. The summed E-state index contributed by atoms with van der Waals surface area (Å²) >= 11 is 4.83. The van der Waals surface area contributed by atoms with Gasteiger partial charge in [0.15, 0.2) is 5.82 Å². The number of tetrazole rings is 1. The summed E-state index contributed by atoms with van der Waals surface area (Å²) in [6, 6.07) is -0.347. The number of aromatic amines is 1. The highest BCUT2D eigenvalue weighted by Crippen LogP contribution is 2.17. The molecule has 0 aromatic carbocycles. The predicted octanol–water partition coefficient (Wildman–Crippen LogP) is -0.311. The van der Waals surface area contributed by atoms with E-state index >= 15 is 0 Å². The first kappa shape index (κ1) is 12.5. The van der Waals surface area contributed by atoms with Crippen LogP contribution in [0.1, 0.15) is 32.6 Å². The number of H-pyrrole nitrogens is 1. The fourth-order valence-electron chi connectivity index (χ4n) is 0.906. The molecular formula is C8H14N6OS. The maximum Gasteiger partial charge on any atom is 0.233 e. The van der Waals surface area contributed by atoms with Gasteiger partial charge in [0.2, 0.25) is 5.91 Å². The number of nitrogens with zero attached hydrogens (tertiary/aromatic N) is 3. The monoisotopic (exact) mass is 242 g/mol. The van der Waals surface area contributed by atoms with Gasteiger partial charge in [0.1, 0.15) is 0 Å². The second-order valence-corrected chi connectivity index (χ2v) is 4.39. The third kappa shape index (κ3) is 2.51. The second-order valence-electron chi connectivity index (χ2n) is 3.95. The van der Waals surface area contributed by atoms with Crippen molar-refractivity contribution in [3.05, 3.63) is 5.82 Å². The molecule has 1 atom stereocenters. The Hall–Kier alpha value is -1.57. The molecule has 8 heteroatoms. The third-order valence-corrected chi connectivity index (χ3v) is 2.79. The molecule has 0 aliphatic heterocycles. The van der Waals surface area contributed by atoms with E-state index < -0.39 is 5.41 Å². The summed E-state index contributed by atoms with van der Waals surface area (Å²) in [4.78, 5) is 12.0. The van der Waals surface area contributed by atoms with Gasteiger partial charge in [-0.05, 0) is 20.8 Å². The van der Waals surface area contributed by atoms with Crippen molar-refractivity contribution in [2.75, 3.05) is 0 Å². The molecular weight excluding hydrogens is 228 g/mol. The molecule has 1 heterocycles. The van der Waals surface area contributed by atoms with Gasteiger partial charge in [0, 0.05) is 0 Å². The Kier molecular flexibility index (Phi) is 3.53. The fraction of sp³-hybridized carbons (Fsp3) is 0.625. The van der Waals surface area contributed by atoms with E-state index in [0.29, 0.717) is 5.82 Å². The minimum absolute atomic E-state index is 0.144. The zero-order valence-electron chi connectivity index (χ0n) is 9.31. The maximum atomic E-state index is 11.8. The number of carbonyl (C=O) groups is 1. The van der Waals surface area contributed by atoms with Crippen molar-refractivity contribution in [1.29, 1.82) is 0 Å². The molecule has 4 N–H and O–H groups in total. The summed E-state index contributed by atoms with van der Waals surface area (Å²) in [6.07, 6.45) is 0. The molecule has 0 bridgehead atoms. The number of aromatic nitrogens is 4. The number of nitrogens with one attached hydrogen (secondary N) is 2. The number of thiocarbonyl (C=S) groups is 1. The summed E-state index contributed by atoms with van der Waals surface area (Å²) < 4.78 is 0. The van der Waals surface area contributed by atoms with Gasteiger partial charge in [-0.15, -0.1) is 10.2 Å². The largest absolute Gasteiger partial charge is 0.392 e. The molecule has 1 aromatic heterocycles. The van der Waals surface area contributed by atoms with Gasteiger partial charge >= 0.3 is 0 Å². The van der Waals surface area contributed by atoms with Gasteiger partial charge in [-0.3, -0.25) is 4.79 Å². The van der Waals surface area contributed by atoms with Crippen LogP contribution in [0.15, 0.2) is 0 Å².